The van der Waals surface area contributed by atoms with Crippen molar-refractivity contribution in [1.82, 2.24) is 0 Å². The van der Waals surface area contributed by atoms with E-state index in [9.17, 15) is 19.5 Å². The maximum absolute atomic E-state index is 12.8. The first-order chi connectivity index (χ1) is 30.6. The van der Waals surface area contributed by atoms with Crippen molar-refractivity contribution >= 4 is 17.9 Å². The van der Waals surface area contributed by atoms with Crippen LogP contribution in [0, 0.1) is 0 Å². The van der Waals surface area contributed by atoms with Gasteiger partial charge in [0.25, 0.3) is 0 Å². The van der Waals surface area contributed by atoms with Gasteiger partial charge in [0.05, 0.1) is 40.3 Å². The molecular weight excluding hydrogens is 787 g/mol. The van der Waals surface area contributed by atoms with Gasteiger partial charge in [0, 0.05) is 19.3 Å². The molecule has 0 fully saturated rings. The van der Waals surface area contributed by atoms with Crippen molar-refractivity contribution in [2.75, 3.05) is 41.0 Å². The monoisotopic (exact) mass is 888 g/mol. The van der Waals surface area contributed by atoms with Gasteiger partial charge in [0.15, 0.2) is 6.10 Å². The Bertz CT molecular complexity index is 1130. The lowest BCUT2D eigenvalue weighted by Crippen LogP contribution is -2.55. The number of carbonyl (C=O) groups excluding carboxylic acids is 3. The summed E-state index contributed by atoms with van der Waals surface area (Å²) in [4.78, 5) is 37.1. The van der Waals surface area contributed by atoms with Crippen LogP contribution in [0.2, 0.25) is 0 Å². The Kier molecular flexibility index (Phi) is 44.3. The molecule has 0 N–H and O–H groups in total. The van der Waals surface area contributed by atoms with Gasteiger partial charge in [-0.1, -0.05) is 198 Å². The summed E-state index contributed by atoms with van der Waals surface area (Å²) in [6.45, 7) is 4.66. The Labute approximate surface area is 389 Å². The summed E-state index contributed by atoms with van der Waals surface area (Å²) >= 11 is 0. The Morgan fingerprint density at radius 1 is 0.476 bits per heavy atom. The number of allylic oxidation sites excluding steroid dienone is 6. The number of carboxylic acids is 1. The lowest BCUT2D eigenvalue weighted by Gasteiger charge is -2.34. The first kappa shape index (κ1) is 60.5. The van der Waals surface area contributed by atoms with E-state index in [1.165, 1.54) is 173 Å². The Hall–Kier alpha value is -2.45. The first-order valence-electron chi connectivity index (χ1n) is 26.5. The molecule has 0 aliphatic rings. The van der Waals surface area contributed by atoms with Gasteiger partial charge in [-0.25, -0.2) is 0 Å². The summed E-state index contributed by atoms with van der Waals surface area (Å²) < 4.78 is 17.3. The van der Waals surface area contributed by atoms with Crippen LogP contribution in [0.5, 0.6) is 0 Å². The standard InChI is InChI=1S/C55H101NO7/c1-6-8-10-12-14-16-18-20-22-24-26-28-29-31-33-35-37-39-41-43-45-53(57)62-50-51(49-61-48-47-52(55(59)60)56(3,4)5)63-54(58)46-44-42-40-38-36-34-32-30-27-25-23-21-19-17-15-13-11-9-7-2/h15,17,19,21,26,28,51-52H,6-14,16,18,20,22-25,27,29-50H2,1-5H3/b17-15+,21-19+,28-26+. The molecule has 0 aliphatic heterocycles. The highest BCUT2D eigenvalue weighted by atomic mass is 16.6. The predicted molar refractivity (Wildman–Crippen MR) is 263 cm³/mol. The smallest absolute Gasteiger partial charge is 0.306 e. The van der Waals surface area contributed by atoms with Crippen LogP contribution in [0.4, 0.5) is 0 Å². The Balaban J connectivity index is 4.22. The molecule has 8 nitrogen and oxygen atoms in total. The maximum atomic E-state index is 12.8. The molecule has 0 rings (SSSR count). The molecule has 0 aliphatic carbocycles. The molecule has 0 bridgehead atoms. The Morgan fingerprint density at radius 2 is 0.841 bits per heavy atom. The van der Waals surface area contributed by atoms with Crippen LogP contribution in [-0.2, 0) is 28.6 Å². The van der Waals surface area contributed by atoms with Crippen LogP contribution < -0.4 is 5.11 Å². The van der Waals surface area contributed by atoms with E-state index in [1.807, 2.05) is 0 Å². The number of carboxylic acid groups (broad SMARTS) is 1. The van der Waals surface area contributed by atoms with Gasteiger partial charge >= 0.3 is 11.9 Å². The third-order valence-corrected chi connectivity index (χ3v) is 12.0. The number of rotatable bonds is 48. The highest BCUT2D eigenvalue weighted by molar-refractivity contribution is 5.70. The number of carbonyl (C=O) groups is 3. The molecule has 0 saturated heterocycles. The number of aliphatic carboxylic acids is 1. The lowest BCUT2D eigenvalue weighted by atomic mass is 10.1. The molecule has 2 atom stereocenters. The Morgan fingerprint density at radius 3 is 1.27 bits per heavy atom. The molecule has 2 unspecified atom stereocenters. The van der Waals surface area contributed by atoms with E-state index in [2.05, 4.69) is 50.3 Å². The van der Waals surface area contributed by atoms with Crippen LogP contribution in [0.1, 0.15) is 245 Å². The summed E-state index contributed by atoms with van der Waals surface area (Å²) in [6.07, 6.45) is 54.6. The van der Waals surface area contributed by atoms with E-state index in [0.29, 0.717) is 12.8 Å². The van der Waals surface area contributed by atoms with Gasteiger partial charge < -0.3 is 28.6 Å². The second kappa shape index (κ2) is 46.1. The number of quaternary nitrogens is 1. The molecule has 0 heterocycles. The highest BCUT2D eigenvalue weighted by Crippen LogP contribution is 2.16. The summed E-state index contributed by atoms with van der Waals surface area (Å²) in [5, 5.41) is 11.7. The fourth-order valence-electron chi connectivity index (χ4n) is 7.88. The van der Waals surface area contributed by atoms with Crippen LogP contribution in [-0.4, -0.2) is 75.5 Å². The number of hydrogen-bond acceptors (Lipinski definition) is 7. The summed E-state index contributed by atoms with van der Waals surface area (Å²) in [6, 6.07) is -0.727. The molecule has 0 aromatic rings. The van der Waals surface area contributed by atoms with Gasteiger partial charge in [0.1, 0.15) is 12.6 Å². The minimum absolute atomic E-state index is 0.0399. The largest absolute Gasteiger partial charge is 0.544 e. The third kappa shape index (κ3) is 44.5. The van der Waals surface area contributed by atoms with E-state index in [1.54, 1.807) is 21.1 Å². The topological polar surface area (TPSA) is 102 Å². The normalized spacial score (nSPS) is 13.1. The van der Waals surface area contributed by atoms with Crippen molar-refractivity contribution in [1.29, 1.82) is 0 Å². The van der Waals surface area contributed by atoms with Crippen LogP contribution in [0.3, 0.4) is 0 Å². The second-order valence-corrected chi connectivity index (χ2v) is 19.1. The van der Waals surface area contributed by atoms with Crippen molar-refractivity contribution in [3.05, 3.63) is 36.5 Å². The highest BCUT2D eigenvalue weighted by Gasteiger charge is 2.25. The van der Waals surface area contributed by atoms with Crippen LogP contribution >= 0.6 is 0 Å². The molecule has 368 valence electrons. The van der Waals surface area contributed by atoms with Gasteiger partial charge in [0.2, 0.25) is 0 Å². The predicted octanol–water partition coefficient (Wildman–Crippen LogP) is 14.0. The fourth-order valence-corrected chi connectivity index (χ4v) is 7.88. The van der Waals surface area contributed by atoms with Crippen molar-refractivity contribution in [2.24, 2.45) is 0 Å². The van der Waals surface area contributed by atoms with E-state index < -0.39 is 18.1 Å². The van der Waals surface area contributed by atoms with Gasteiger partial charge in [-0.15, -0.1) is 0 Å². The number of nitrogens with zero attached hydrogens (tertiary/aromatic N) is 1. The van der Waals surface area contributed by atoms with Crippen molar-refractivity contribution in [2.45, 2.75) is 257 Å². The zero-order valence-corrected chi connectivity index (χ0v) is 42.0. The second-order valence-electron chi connectivity index (χ2n) is 19.1. The molecular formula is C55H101NO7. The zero-order chi connectivity index (χ0) is 46.3. The molecule has 0 spiro atoms. The quantitative estimate of drug-likeness (QED) is 0.0197. The van der Waals surface area contributed by atoms with E-state index >= 15 is 0 Å². The SMILES string of the molecule is CCCCC/C=C/C=C/CCCCCCCCCCCCC(=O)OC(COCCC(C(=O)[O-])[N+](C)(C)C)COC(=O)CCCCCCCCC/C=C/CCCCCCCCCCC. The number of ether oxygens (including phenoxy) is 3. The molecule has 0 saturated carbocycles. The first-order valence-corrected chi connectivity index (χ1v) is 26.5. The molecule has 63 heavy (non-hydrogen) atoms. The average Bonchev–Trinajstić information content (AvgIpc) is 3.24. The van der Waals surface area contributed by atoms with Crippen molar-refractivity contribution < 1.29 is 38.2 Å². The number of esters is 2. The van der Waals surface area contributed by atoms with Gasteiger partial charge in [-0.05, 0) is 64.2 Å². The van der Waals surface area contributed by atoms with E-state index in [0.717, 1.165) is 38.5 Å². The van der Waals surface area contributed by atoms with Crippen LogP contribution in [0.15, 0.2) is 36.5 Å². The average molecular weight is 888 g/mol. The number of likely N-dealkylation sites (N-methyl/N-ethyl adjacent to an activating group) is 1. The molecule has 8 heteroatoms. The van der Waals surface area contributed by atoms with Gasteiger partial charge in [-0.2, -0.15) is 0 Å². The summed E-state index contributed by atoms with van der Waals surface area (Å²) in [5.74, 6) is -1.73. The number of hydrogen-bond donors (Lipinski definition) is 0. The zero-order valence-electron chi connectivity index (χ0n) is 42.0. The fraction of sp³-hybridized carbons (Fsp3) is 0.836. The minimum Gasteiger partial charge on any atom is -0.544 e. The lowest BCUT2D eigenvalue weighted by molar-refractivity contribution is -0.889. The number of unbranched alkanes of at least 4 members (excludes halogenated alkanes) is 29. The maximum Gasteiger partial charge on any atom is 0.306 e. The molecule has 0 aromatic carbocycles. The van der Waals surface area contributed by atoms with E-state index in [-0.39, 0.29) is 42.7 Å². The minimum atomic E-state index is -1.12. The summed E-state index contributed by atoms with van der Waals surface area (Å²) in [5.41, 5.74) is 0. The summed E-state index contributed by atoms with van der Waals surface area (Å²) in [7, 11) is 5.42. The van der Waals surface area contributed by atoms with Crippen LogP contribution in [0.25, 0.3) is 0 Å². The van der Waals surface area contributed by atoms with Crippen molar-refractivity contribution in [3.63, 3.8) is 0 Å². The van der Waals surface area contributed by atoms with Crippen molar-refractivity contribution in [3.8, 4) is 0 Å². The van der Waals surface area contributed by atoms with Gasteiger partial charge in [-0.3, -0.25) is 9.59 Å². The van der Waals surface area contributed by atoms with E-state index in [4.69, 9.17) is 14.2 Å². The molecule has 0 radical (unpaired) electrons. The molecule has 0 amide bonds. The molecule has 0 aromatic heterocycles. The third-order valence-electron chi connectivity index (χ3n) is 12.0.